The maximum Gasteiger partial charge on any atom is 0.253 e. The topological polar surface area (TPSA) is 96.1 Å². The lowest BCUT2D eigenvalue weighted by atomic mass is 9.95. The van der Waals surface area contributed by atoms with Crippen molar-refractivity contribution in [3.8, 4) is 0 Å². The molecule has 2 heterocycles. The quantitative estimate of drug-likeness (QED) is 0.714. The van der Waals surface area contributed by atoms with E-state index in [9.17, 15) is 9.59 Å². The molecule has 1 unspecified atom stereocenters. The standard InChI is InChI=1S/C21H26N4O3/c26-20(12-18-16-7-1-2-8-17(16)24-25-18)22-13-14-5-3-6-15(11-14)23-21(27)19-9-4-10-28-19/h3,5-6,11,19H,1-2,4,7-10,12-13H2,(H,22,26)(H,23,27)(H,24,25). The second-order valence-electron chi connectivity index (χ2n) is 7.48. The van der Waals surface area contributed by atoms with Crippen LogP contribution in [0.25, 0.3) is 0 Å². The Labute approximate surface area is 164 Å². The number of hydrogen-bond donors (Lipinski definition) is 3. The highest BCUT2D eigenvalue weighted by atomic mass is 16.5. The lowest BCUT2D eigenvalue weighted by Crippen LogP contribution is -2.27. The van der Waals surface area contributed by atoms with Crippen LogP contribution in [-0.2, 0) is 40.1 Å². The average molecular weight is 382 g/mol. The second-order valence-corrected chi connectivity index (χ2v) is 7.48. The van der Waals surface area contributed by atoms with Crippen molar-refractivity contribution in [3.05, 3.63) is 46.8 Å². The van der Waals surface area contributed by atoms with Crippen molar-refractivity contribution in [2.75, 3.05) is 11.9 Å². The van der Waals surface area contributed by atoms with Gasteiger partial charge in [-0.2, -0.15) is 5.10 Å². The van der Waals surface area contributed by atoms with Crippen LogP contribution >= 0.6 is 0 Å². The molecule has 0 radical (unpaired) electrons. The van der Waals surface area contributed by atoms with E-state index in [0.717, 1.165) is 43.4 Å². The summed E-state index contributed by atoms with van der Waals surface area (Å²) in [6, 6.07) is 7.52. The number of fused-ring (bicyclic) bond motifs is 1. The molecule has 1 saturated heterocycles. The van der Waals surface area contributed by atoms with E-state index in [1.54, 1.807) is 0 Å². The summed E-state index contributed by atoms with van der Waals surface area (Å²) in [5.41, 5.74) is 4.92. The Hall–Kier alpha value is -2.67. The third-order valence-electron chi connectivity index (χ3n) is 5.38. The van der Waals surface area contributed by atoms with E-state index < -0.39 is 0 Å². The number of nitrogens with zero attached hydrogens (tertiary/aromatic N) is 1. The zero-order valence-electron chi connectivity index (χ0n) is 15.9. The molecule has 1 aromatic heterocycles. The molecule has 1 fully saturated rings. The van der Waals surface area contributed by atoms with Gasteiger partial charge in [0, 0.05) is 24.5 Å². The number of carbonyl (C=O) groups excluding carboxylic acids is 2. The number of rotatable bonds is 6. The van der Waals surface area contributed by atoms with Crippen LogP contribution in [0.3, 0.4) is 0 Å². The first-order valence-electron chi connectivity index (χ1n) is 10.0. The lowest BCUT2D eigenvalue weighted by molar-refractivity contribution is -0.124. The molecular weight excluding hydrogens is 356 g/mol. The highest BCUT2D eigenvalue weighted by Gasteiger charge is 2.23. The van der Waals surface area contributed by atoms with E-state index in [-0.39, 0.29) is 17.9 Å². The molecule has 1 aromatic carbocycles. The third kappa shape index (κ3) is 4.42. The number of aromatic nitrogens is 2. The summed E-state index contributed by atoms with van der Waals surface area (Å²) in [4.78, 5) is 24.5. The minimum Gasteiger partial charge on any atom is -0.368 e. The number of aromatic amines is 1. The van der Waals surface area contributed by atoms with Gasteiger partial charge in [0.2, 0.25) is 5.91 Å². The molecule has 1 atom stereocenters. The fraction of sp³-hybridized carbons (Fsp3) is 0.476. The second kappa shape index (κ2) is 8.56. The van der Waals surface area contributed by atoms with Crippen LogP contribution in [0.5, 0.6) is 0 Å². The molecule has 148 valence electrons. The van der Waals surface area contributed by atoms with Gasteiger partial charge < -0.3 is 15.4 Å². The molecule has 4 rings (SSSR count). The van der Waals surface area contributed by atoms with Crippen LogP contribution in [0, 0.1) is 0 Å². The molecule has 1 aliphatic carbocycles. The number of amides is 2. The van der Waals surface area contributed by atoms with E-state index in [1.807, 2.05) is 24.3 Å². The maximum atomic E-state index is 12.4. The van der Waals surface area contributed by atoms with Crippen molar-refractivity contribution in [1.82, 2.24) is 15.5 Å². The Morgan fingerprint density at radius 1 is 1.21 bits per heavy atom. The van der Waals surface area contributed by atoms with Crippen LogP contribution in [0.2, 0.25) is 0 Å². The summed E-state index contributed by atoms with van der Waals surface area (Å²) in [6.45, 7) is 1.05. The molecule has 28 heavy (non-hydrogen) atoms. The first-order chi connectivity index (χ1) is 13.7. The lowest BCUT2D eigenvalue weighted by Gasteiger charge is -2.12. The van der Waals surface area contributed by atoms with Crippen molar-refractivity contribution in [3.63, 3.8) is 0 Å². The first kappa shape index (κ1) is 18.7. The van der Waals surface area contributed by atoms with E-state index in [4.69, 9.17) is 4.74 Å². The van der Waals surface area contributed by atoms with Crippen LogP contribution in [-0.4, -0.2) is 34.7 Å². The molecule has 1 aliphatic heterocycles. The van der Waals surface area contributed by atoms with Gasteiger partial charge in [-0.25, -0.2) is 0 Å². The zero-order chi connectivity index (χ0) is 19.3. The van der Waals surface area contributed by atoms with Crippen molar-refractivity contribution in [1.29, 1.82) is 0 Å². The molecule has 0 bridgehead atoms. The maximum absolute atomic E-state index is 12.4. The van der Waals surface area contributed by atoms with Crippen molar-refractivity contribution in [2.45, 2.75) is 57.6 Å². The number of ether oxygens (including phenoxy) is 1. The SMILES string of the molecule is O=C(Cc1n[nH]c2c1CCCC2)NCc1cccc(NC(=O)C2CCCO2)c1. The number of H-pyrrole nitrogens is 1. The van der Waals surface area contributed by atoms with Gasteiger partial charge in [0.05, 0.1) is 12.1 Å². The number of anilines is 1. The summed E-state index contributed by atoms with van der Waals surface area (Å²) in [6.07, 6.45) is 5.98. The van der Waals surface area contributed by atoms with Crippen LogP contribution < -0.4 is 10.6 Å². The summed E-state index contributed by atoms with van der Waals surface area (Å²) in [7, 11) is 0. The van der Waals surface area contributed by atoms with Crippen LogP contribution in [0.15, 0.2) is 24.3 Å². The number of carbonyl (C=O) groups is 2. The molecule has 2 aromatic rings. The Balaban J connectivity index is 1.30. The van der Waals surface area contributed by atoms with Gasteiger partial charge in [-0.05, 0) is 61.8 Å². The zero-order valence-corrected chi connectivity index (χ0v) is 15.9. The minimum atomic E-state index is -0.358. The summed E-state index contributed by atoms with van der Waals surface area (Å²) >= 11 is 0. The van der Waals surface area contributed by atoms with Crippen LogP contribution in [0.1, 0.15) is 48.2 Å². The van der Waals surface area contributed by atoms with Gasteiger partial charge in [0.15, 0.2) is 0 Å². The van der Waals surface area contributed by atoms with Crippen molar-refractivity contribution in [2.24, 2.45) is 0 Å². The normalized spacial score (nSPS) is 18.5. The number of aryl methyl sites for hydroxylation is 1. The van der Waals surface area contributed by atoms with Gasteiger partial charge in [0.25, 0.3) is 5.91 Å². The average Bonchev–Trinajstić information content (AvgIpc) is 3.38. The fourth-order valence-corrected chi connectivity index (χ4v) is 3.88. The van der Waals surface area contributed by atoms with Gasteiger partial charge >= 0.3 is 0 Å². The molecule has 7 heteroatoms. The predicted molar refractivity (Wildman–Crippen MR) is 105 cm³/mol. The molecular formula is C21H26N4O3. The summed E-state index contributed by atoms with van der Waals surface area (Å²) in [5, 5.41) is 13.2. The van der Waals surface area contributed by atoms with Gasteiger partial charge in [-0.3, -0.25) is 14.7 Å². The van der Waals surface area contributed by atoms with Crippen LogP contribution in [0.4, 0.5) is 5.69 Å². The molecule has 2 amide bonds. The fourth-order valence-electron chi connectivity index (χ4n) is 3.88. The highest BCUT2D eigenvalue weighted by molar-refractivity contribution is 5.94. The first-order valence-corrected chi connectivity index (χ1v) is 10.0. The molecule has 0 saturated carbocycles. The van der Waals surface area contributed by atoms with Gasteiger partial charge in [-0.15, -0.1) is 0 Å². The Morgan fingerprint density at radius 2 is 2.11 bits per heavy atom. The molecule has 0 spiro atoms. The highest BCUT2D eigenvalue weighted by Crippen LogP contribution is 2.22. The van der Waals surface area contributed by atoms with E-state index in [0.29, 0.717) is 25.3 Å². The van der Waals surface area contributed by atoms with E-state index in [2.05, 4.69) is 20.8 Å². The monoisotopic (exact) mass is 382 g/mol. The Bertz CT molecular complexity index is 855. The minimum absolute atomic E-state index is 0.0475. The number of nitrogens with one attached hydrogen (secondary N) is 3. The molecule has 7 nitrogen and oxygen atoms in total. The van der Waals surface area contributed by atoms with Gasteiger partial charge in [0.1, 0.15) is 6.10 Å². The smallest absolute Gasteiger partial charge is 0.253 e. The number of benzene rings is 1. The van der Waals surface area contributed by atoms with E-state index >= 15 is 0 Å². The summed E-state index contributed by atoms with van der Waals surface area (Å²) < 4.78 is 5.41. The van der Waals surface area contributed by atoms with Crippen molar-refractivity contribution < 1.29 is 14.3 Å². The Kier molecular flexibility index (Phi) is 5.71. The molecule has 2 aliphatic rings. The van der Waals surface area contributed by atoms with Gasteiger partial charge in [-0.1, -0.05) is 12.1 Å². The summed E-state index contributed by atoms with van der Waals surface area (Å²) in [5.74, 6) is -0.157. The van der Waals surface area contributed by atoms with Crippen molar-refractivity contribution >= 4 is 17.5 Å². The van der Waals surface area contributed by atoms with E-state index in [1.165, 1.54) is 17.7 Å². The largest absolute Gasteiger partial charge is 0.368 e. The predicted octanol–water partition coefficient (Wildman–Crippen LogP) is 2.26. The molecule has 3 N–H and O–H groups in total. The number of hydrogen-bond acceptors (Lipinski definition) is 4. The Morgan fingerprint density at radius 3 is 2.96 bits per heavy atom. The third-order valence-corrected chi connectivity index (χ3v) is 5.38.